The fraction of sp³-hybridized carbons (Fsp3) is 0.312. The molecule has 1 aliphatic heterocycles. The van der Waals surface area contributed by atoms with Crippen molar-refractivity contribution in [3.63, 3.8) is 0 Å². The summed E-state index contributed by atoms with van der Waals surface area (Å²) in [4.78, 5) is 14.3. The SMILES string of the molecule is C[C@H]1CO[C@@H](c2cccc(Cl)c2)CN1C(=O)c1ccco1. The standard InChI is InChI=1S/C16H16ClNO3/c1-11-10-21-15(12-4-2-5-13(17)8-12)9-18(11)16(19)14-6-3-7-20-14/h2-8,11,15H,9-10H2,1H3/t11-,15+/m0/s1. The topological polar surface area (TPSA) is 42.7 Å². The van der Waals surface area contributed by atoms with E-state index in [9.17, 15) is 4.79 Å². The van der Waals surface area contributed by atoms with Crippen molar-refractivity contribution in [1.82, 2.24) is 4.90 Å². The fourth-order valence-electron chi connectivity index (χ4n) is 2.49. The first-order valence-electron chi connectivity index (χ1n) is 6.86. The Morgan fingerprint density at radius 3 is 2.90 bits per heavy atom. The van der Waals surface area contributed by atoms with Gasteiger partial charge < -0.3 is 14.1 Å². The number of amides is 1. The zero-order valence-electron chi connectivity index (χ0n) is 11.7. The lowest BCUT2D eigenvalue weighted by atomic mass is 10.1. The van der Waals surface area contributed by atoms with Crippen molar-refractivity contribution >= 4 is 17.5 Å². The van der Waals surface area contributed by atoms with Crippen LogP contribution in [0.5, 0.6) is 0 Å². The van der Waals surface area contributed by atoms with Crippen molar-refractivity contribution in [3.8, 4) is 0 Å². The van der Waals surface area contributed by atoms with Crippen molar-refractivity contribution in [2.75, 3.05) is 13.2 Å². The van der Waals surface area contributed by atoms with Gasteiger partial charge in [-0.25, -0.2) is 0 Å². The number of morpholine rings is 1. The normalized spacial score (nSPS) is 22.3. The molecule has 0 saturated carbocycles. The van der Waals surface area contributed by atoms with Crippen LogP contribution in [0.25, 0.3) is 0 Å². The molecule has 0 radical (unpaired) electrons. The van der Waals surface area contributed by atoms with Crippen molar-refractivity contribution in [2.45, 2.75) is 19.1 Å². The molecular formula is C16H16ClNO3. The van der Waals surface area contributed by atoms with Gasteiger partial charge in [0.25, 0.3) is 5.91 Å². The van der Waals surface area contributed by atoms with Gasteiger partial charge in [0.15, 0.2) is 5.76 Å². The molecule has 2 atom stereocenters. The van der Waals surface area contributed by atoms with E-state index in [1.54, 1.807) is 17.0 Å². The molecule has 1 fully saturated rings. The van der Waals surface area contributed by atoms with Gasteiger partial charge in [0, 0.05) is 5.02 Å². The van der Waals surface area contributed by atoms with E-state index < -0.39 is 0 Å². The van der Waals surface area contributed by atoms with Gasteiger partial charge in [-0.1, -0.05) is 23.7 Å². The predicted molar refractivity (Wildman–Crippen MR) is 79.4 cm³/mol. The van der Waals surface area contributed by atoms with Crippen LogP contribution in [-0.2, 0) is 4.74 Å². The molecule has 2 aromatic rings. The van der Waals surface area contributed by atoms with Gasteiger partial charge in [-0.15, -0.1) is 0 Å². The molecule has 5 heteroatoms. The van der Waals surface area contributed by atoms with E-state index in [-0.39, 0.29) is 18.1 Å². The highest BCUT2D eigenvalue weighted by Gasteiger charge is 2.32. The van der Waals surface area contributed by atoms with Crippen LogP contribution in [0.4, 0.5) is 0 Å². The summed E-state index contributed by atoms with van der Waals surface area (Å²) in [5.41, 5.74) is 0.978. The number of hydrogen-bond donors (Lipinski definition) is 0. The maximum Gasteiger partial charge on any atom is 0.289 e. The third-order valence-electron chi connectivity index (χ3n) is 3.65. The van der Waals surface area contributed by atoms with Gasteiger partial charge in [-0.2, -0.15) is 0 Å². The summed E-state index contributed by atoms with van der Waals surface area (Å²) in [6.07, 6.45) is 1.34. The molecule has 0 N–H and O–H groups in total. The number of benzene rings is 1. The van der Waals surface area contributed by atoms with Crippen LogP contribution in [-0.4, -0.2) is 30.0 Å². The number of carbonyl (C=O) groups is 1. The van der Waals surface area contributed by atoms with Gasteiger partial charge in [0.1, 0.15) is 6.10 Å². The average molecular weight is 306 g/mol. The molecule has 0 unspecified atom stereocenters. The van der Waals surface area contributed by atoms with Crippen molar-refractivity contribution in [3.05, 3.63) is 59.0 Å². The molecule has 2 heterocycles. The first-order valence-corrected chi connectivity index (χ1v) is 7.24. The summed E-state index contributed by atoms with van der Waals surface area (Å²) >= 11 is 6.02. The second-order valence-electron chi connectivity index (χ2n) is 5.16. The molecule has 21 heavy (non-hydrogen) atoms. The Morgan fingerprint density at radius 2 is 2.19 bits per heavy atom. The van der Waals surface area contributed by atoms with E-state index in [4.69, 9.17) is 20.8 Å². The summed E-state index contributed by atoms with van der Waals surface area (Å²) in [6.45, 7) is 2.94. The lowest BCUT2D eigenvalue weighted by Gasteiger charge is -2.37. The van der Waals surface area contributed by atoms with Gasteiger partial charge >= 0.3 is 0 Å². The maximum absolute atomic E-state index is 12.5. The highest BCUT2D eigenvalue weighted by atomic mass is 35.5. The van der Waals surface area contributed by atoms with Crippen LogP contribution in [0.3, 0.4) is 0 Å². The number of rotatable bonds is 2. The Hall–Kier alpha value is -1.78. The van der Waals surface area contributed by atoms with E-state index in [2.05, 4.69) is 0 Å². The largest absolute Gasteiger partial charge is 0.459 e. The molecular weight excluding hydrogens is 290 g/mol. The Kier molecular flexibility index (Phi) is 3.99. The van der Waals surface area contributed by atoms with Gasteiger partial charge in [-0.05, 0) is 36.8 Å². The Bertz CT molecular complexity index is 626. The molecule has 1 aromatic carbocycles. The molecule has 1 saturated heterocycles. The van der Waals surface area contributed by atoms with Crippen LogP contribution in [0.2, 0.25) is 5.02 Å². The minimum absolute atomic E-state index is 0.0121. The molecule has 110 valence electrons. The number of ether oxygens (including phenoxy) is 1. The lowest BCUT2D eigenvalue weighted by Crippen LogP contribution is -2.48. The zero-order chi connectivity index (χ0) is 14.8. The number of furan rings is 1. The number of hydrogen-bond acceptors (Lipinski definition) is 3. The Balaban J connectivity index is 1.80. The Labute approximate surface area is 128 Å². The van der Waals surface area contributed by atoms with E-state index in [1.807, 2.05) is 31.2 Å². The average Bonchev–Trinajstić information content (AvgIpc) is 3.01. The van der Waals surface area contributed by atoms with Gasteiger partial charge in [0.05, 0.1) is 25.5 Å². The molecule has 1 aromatic heterocycles. The van der Waals surface area contributed by atoms with Crippen molar-refractivity contribution in [2.24, 2.45) is 0 Å². The van der Waals surface area contributed by atoms with Crippen LogP contribution < -0.4 is 0 Å². The minimum atomic E-state index is -0.168. The highest BCUT2D eigenvalue weighted by Crippen LogP contribution is 2.27. The summed E-state index contributed by atoms with van der Waals surface area (Å²) in [7, 11) is 0. The summed E-state index contributed by atoms with van der Waals surface area (Å²) in [6, 6.07) is 10.9. The first kappa shape index (κ1) is 14.2. The number of halogens is 1. The summed E-state index contributed by atoms with van der Waals surface area (Å²) in [5, 5.41) is 0.665. The fourth-order valence-corrected chi connectivity index (χ4v) is 2.69. The number of carbonyl (C=O) groups excluding carboxylic acids is 1. The molecule has 1 aliphatic rings. The monoisotopic (exact) mass is 305 g/mol. The van der Waals surface area contributed by atoms with Crippen LogP contribution >= 0.6 is 11.6 Å². The lowest BCUT2D eigenvalue weighted by molar-refractivity contribution is -0.0495. The third-order valence-corrected chi connectivity index (χ3v) is 3.88. The van der Waals surface area contributed by atoms with E-state index in [1.165, 1.54) is 6.26 Å². The van der Waals surface area contributed by atoms with E-state index in [0.29, 0.717) is 23.9 Å². The predicted octanol–water partition coefficient (Wildman–Crippen LogP) is 3.54. The molecule has 4 nitrogen and oxygen atoms in total. The quantitative estimate of drug-likeness (QED) is 0.852. The molecule has 0 spiro atoms. The van der Waals surface area contributed by atoms with Crippen LogP contribution in [0.1, 0.15) is 29.1 Å². The number of nitrogens with zero attached hydrogens (tertiary/aromatic N) is 1. The summed E-state index contributed by atoms with van der Waals surface area (Å²) < 4.78 is 11.0. The molecule has 0 bridgehead atoms. The molecule has 1 amide bonds. The second kappa shape index (κ2) is 5.92. The van der Waals surface area contributed by atoms with Crippen molar-refractivity contribution in [1.29, 1.82) is 0 Å². The first-order chi connectivity index (χ1) is 10.1. The second-order valence-corrected chi connectivity index (χ2v) is 5.60. The van der Waals surface area contributed by atoms with Crippen LogP contribution in [0.15, 0.2) is 47.1 Å². The molecule has 0 aliphatic carbocycles. The summed E-state index contributed by atoms with van der Waals surface area (Å²) in [5.74, 6) is 0.247. The zero-order valence-corrected chi connectivity index (χ0v) is 12.4. The Morgan fingerprint density at radius 1 is 1.33 bits per heavy atom. The van der Waals surface area contributed by atoms with Gasteiger partial charge in [0.2, 0.25) is 0 Å². The van der Waals surface area contributed by atoms with E-state index in [0.717, 1.165) is 5.56 Å². The highest BCUT2D eigenvalue weighted by molar-refractivity contribution is 6.30. The van der Waals surface area contributed by atoms with Crippen molar-refractivity contribution < 1.29 is 13.9 Å². The van der Waals surface area contributed by atoms with Gasteiger partial charge in [-0.3, -0.25) is 4.79 Å². The smallest absolute Gasteiger partial charge is 0.289 e. The third kappa shape index (κ3) is 2.96. The maximum atomic E-state index is 12.5. The minimum Gasteiger partial charge on any atom is -0.459 e. The van der Waals surface area contributed by atoms with Crippen LogP contribution in [0, 0.1) is 0 Å². The van der Waals surface area contributed by atoms with E-state index >= 15 is 0 Å². The molecule has 3 rings (SSSR count).